The first kappa shape index (κ1) is 16.0. The van der Waals surface area contributed by atoms with Gasteiger partial charge in [0.25, 0.3) is 0 Å². The molecule has 0 aliphatic heterocycles. The molecule has 0 bridgehead atoms. The Bertz CT molecular complexity index is 1120. The highest BCUT2D eigenvalue weighted by Crippen LogP contribution is 2.30. The molecule has 0 spiro atoms. The van der Waals surface area contributed by atoms with E-state index in [0.29, 0.717) is 21.5 Å². The Hall–Kier alpha value is -2.52. The van der Waals surface area contributed by atoms with Crippen LogP contribution >= 0.6 is 31.9 Å². The second-order valence-electron chi connectivity index (χ2n) is 5.19. The van der Waals surface area contributed by atoms with Crippen LogP contribution in [0.2, 0.25) is 0 Å². The van der Waals surface area contributed by atoms with Crippen molar-refractivity contribution in [3.63, 3.8) is 0 Å². The molecule has 0 saturated heterocycles. The topological polar surface area (TPSA) is 87.7 Å². The van der Waals surface area contributed by atoms with Crippen LogP contribution in [0.5, 0.6) is 5.75 Å². The first-order chi connectivity index (χ1) is 12.1. The highest BCUT2D eigenvalue weighted by atomic mass is 79.9. The summed E-state index contributed by atoms with van der Waals surface area (Å²) in [4.78, 5) is 0. The fraction of sp³-hybridized carbons (Fsp3) is 0. The Morgan fingerprint density at radius 1 is 1.16 bits per heavy atom. The summed E-state index contributed by atoms with van der Waals surface area (Å²) in [6.07, 6.45) is 3.06. The molecule has 0 atom stereocenters. The number of aromatic hydroxyl groups is 1. The van der Waals surface area contributed by atoms with Gasteiger partial charge in [0.15, 0.2) is 11.5 Å². The van der Waals surface area contributed by atoms with Gasteiger partial charge in [0.2, 0.25) is 0 Å². The van der Waals surface area contributed by atoms with Gasteiger partial charge >= 0.3 is 0 Å². The number of phenolic OH excluding ortho intramolecular Hbond substituents is 1. The fourth-order valence-corrected chi connectivity index (χ4v) is 3.71. The lowest BCUT2D eigenvalue weighted by Gasteiger charge is -2.06. The maximum atomic E-state index is 10.1. The molecule has 0 aliphatic carbocycles. The molecule has 0 unspecified atom stereocenters. The summed E-state index contributed by atoms with van der Waals surface area (Å²) in [5.41, 5.74) is 4.16. The number of phenols is 1. The van der Waals surface area contributed by atoms with Crippen LogP contribution in [0.4, 0.5) is 5.82 Å². The molecule has 0 amide bonds. The molecule has 2 N–H and O–H groups in total. The molecule has 124 valence electrons. The number of hydrazone groups is 1. The number of anilines is 1. The van der Waals surface area contributed by atoms with Crippen molar-refractivity contribution in [2.24, 2.45) is 5.10 Å². The molecule has 2 aromatic carbocycles. The summed E-state index contributed by atoms with van der Waals surface area (Å²) in [5, 5.41) is 28.5. The molecule has 0 fully saturated rings. The van der Waals surface area contributed by atoms with E-state index < -0.39 is 0 Å². The maximum Gasteiger partial charge on any atom is 0.185 e. The Labute approximate surface area is 158 Å². The van der Waals surface area contributed by atoms with E-state index in [4.69, 9.17) is 0 Å². The van der Waals surface area contributed by atoms with Gasteiger partial charge in [0.1, 0.15) is 12.1 Å². The normalized spacial score (nSPS) is 11.6. The van der Waals surface area contributed by atoms with Crippen molar-refractivity contribution in [3.8, 4) is 5.75 Å². The Kier molecular flexibility index (Phi) is 4.10. The first-order valence-electron chi connectivity index (χ1n) is 7.19. The van der Waals surface area contributed by atoms with Crippen molar-refractivity contribution in [2.75, 3.05) is 5.43 Å². The van der Waals surface area contributed by atoms with Gasteiger partial charge in [-0.15, -0.1) is 15.3 Å². The highest BCUT2D eigenvalue weighted by Gasteiger charge is 2.09. The third-order valence-corrected chi connectivity index (χ3v) is 4.66. The average Bonchev–Trinajstić information content (AvgIpc) is 3.07. The third-order valence-electron chi connectivity index (χ3n) is 3.59. The second-order valence-corrected chi connectivity index (χ2v) is 6.96. The zero-order valence-corrected chi connectivity index (χ0v) is 15.7. The van der Waals surface area contributed by atoms with Gasteiger partial charge < -0.3 is 5.11 Å². The minimum atomic E-state index is 0.112. The van der Waals surface area contributed by atoms with E-state index in [1.165, 1.54) is 12.5 Å². The SMILES string of the molecule is Oc1c(Br)cc(Br)cc1C=NNc1nn2cnnc2c2ccccc12. The van der Waals surface area contributed by atoms with Crippen molar-refractivity contribution in [1.29, 1.82) is 0 Å². The lowest BCUT2D eigenvalue weighted by atomic mass is 10.2. The number of aromatic nitrogens is 4. The molecule has 4 aromatic rings. The van der Waals surface area contributed by atoms with E-state index in [9.17, 15) is 5.11 Å². The Balaban J connectivity index is 1.73. The van der Waals surface area contributed by atoms with E-state index in [2.05, 4.69) is 57.7 Å². The second kappa shape index (κ2) is 6.41. The molecular weight excluding hydrogens is 452 g/mol. The predicted octanol–water partition coefficient (Wildman–Crippen LogP) is 3.95. The predicted molar refractivity (Wildman–Crippen MR) is 103 cm³/mol. The molecule has 2 aromatic heterocycles. The molecule has 0 aliphatic rings. The Morgan fingerprint density at radius 2 is 1.96 bits per heavy atom. The van der Waals surface area contributed by atoms with E-state index in [-0.39, 0.29) is 5.75 Å². The average molecular weight is 462 g/mol. The molecule has 0 radical (unpaired) electrons. The lowest BCUT2D eigenvalue weighted by molar-refractivity contribution is 0.471. The quantitative estimate of drug-likeness (QED) is 0.356. The summed E-state index contributed by atoms with van der Waals surface area (Å²) in [5.74, 6) is 0.675. The first-order valence-corrected chi connectivity index (χ1v) is 8.78. The van der Waals surface area contributed by atoms with Crippen molar-refractivity contribution >= 4 is 60.3 Å². The number of nitrogens with one attached hydrogen (secondary N) is 1. The maximum absolute atomic E-state index is 10.1. The van der Waals surface area contributed by atoms with E-state index in [1.807, 2.05) is 24.3 Å². The Morgan fingerprint density at radius 3 is 2.80 bits per heavy atom. The number of hydrogen-bond acceptors (Lipinski definition) is 6. The van der Waals surface area contributed by atoms with E-state index >= 15 is 0 Å². The molecule has 9 heteroatoms. The zero-order chi connectivity index (χ0) is 17.4. The molecule has 2 heterocycles. The van der Waals surface area contributed by atoms with Crippen LogP contribution in [0.25, 0.3) is 16.4 Å². The van der Waals surface area contributed by atoms with Crippen molar-refractivity contribution in [1.82, 2.24) is 19.8 Å². The minimum absolute atomic E-state index is 0.112. The summed E-state index contributed by atoms with van der Waals surface area (Å²) in [6, 6.07) is 11.3. The number of rotatable bonds is 3. The lowest BCUT2D eigenvalue weighted by Crippen LogP contribution is -2.00. The molecular formula is C16H10Br2N6O. The number of nitrogens with zero attached hydrogens (tertiary/aromatic N) is 5. The van der Waals surface area contributed by atoms with Gasteiger partial charge in [0, 0.05) is 20.8 Å². The molecule has 25 heavy (non-hydrogen) atoms. The zero-order valence-electron chi connectivity index (χ0n) is 12.6. The summed E-state index contributed by atoms with van der Waals surface area (Å²) in [6.45, 7) is 0. The molecule has 7 nitrogen and oxygen atoms in total. The van der Waals surface area contributed by atoms with Gasteiger partial charge in [-0.1, -0.05) is 40.2 Å². The van der Waals surface area contributed by atoms with Crippen LogP contribution in [-0.2, 0) is 0 Å². The standard InChI is InChI=1S/C16H10Br2N6O/c17-10-5-9(14(25)13(18)6-10)7-19-21-15-11-3-1-2-4-12(11)16-22-20-8-24(16)23-15/h1-8,25H,(H,21,23). The number of hydrogen-bond donors (Lipinski definition) is 2. The van der Waals surface area contributed by atoms with Gasteiger partial charge in [-0.2, -0.15) is 9.62 Å². The largest absolute Gasteiger partial charge is 0.506 e. The summed E-state index contributed by atoms with van der Waals surface area (Å²) < 4.78 is 3.00. The summed E-state index contributed by atoms with van der Waals surface area (Å²) in [7, 11) is 0. The van der Waals surface area contributed by atoms with Crippen LogP contribution in [0.1, 0.15) is 5.56 Å². The third kappa shape index (κ3) is 2.96. The summed E-state index contributed by atoms with van der Waals surface area (Å²) >= 11 is 6.68. The van der Waals surface area contributed by atoms with Crippen molar-refractivity contribution in [2.45, 2.75) is 0 Å². The van der Waals surface area contributed by atoms with Crippen molar-refractivity contribution < 1.29 is 5.11 Å². The van der Waals surface area contributed by atoms with Crippen LogP contribution in [0.3, 0.4) is 0 Å². The monoisotopic (exact) mass is 460 g/mol. The number of benzene rings is 2. The van der Waals surface area contributed by atoms with Gasteiger partial charge in [-0.25, -0.2) is 0 Å². The van der Waals surface area contributed by atoms with Gasteiger partial charge in [-0.05, 0) is 28.1 Å². The van der Waals surface area contributed by atoms with E-state index in [0.717, 1.165) is 15.2 Å². The van der Waals surface area contributed by atoms with E-state index in [1.54, 1.807) is 16.6 Å². The molecule has 0 saturated carbocycles. The van der Waals surface area contributed by atoms with Gasteiger partial charge in [0.05, 0.1) is 10.7 Å². The smallest absolute Gasteiger partial charge is 0.185 e. The van der Waals surface area contributed by atoms with Crippen molar-refractivity contribution in [3.05, 3.63) is 57.2 Å². The van der Waals surface area contributed by atoms with Crippen LogP contribution in [0.15, 0.2) is 56.8 Å². The number of fused-ring (bicyclic) bond motifs is 3. The number of halogens is 2. The van der Waals surface area contributed by atoms with Crippen LogP contribution in [-0.4, -0.2) is 31.1 Å². The van der Waals surface area contributed by atoms with Crippen LogP contribution in [0, 0.1) is 0 Å². The fourth-order valence-electron chi connectivity index (χ4n) is 2.46. The highest BCUT2D eigenvalue weighted by molar-refractivity contribution is 9.11. The molecule has 4 rings (SSSR count). The minimum Gasteiger partial charge on any atom is -0.506 e. The van der Waals surface area contributed by atoms with Crippen LogP contribution < -0.4 is 5.43 Å². The van der Waals surface area contributed by atoms with Gasteiger partial charge in [-0.3, -0.25) is 5.43 Å².